The molecular weight excluding hydrogens is 264 g/mol. The molecule has 0 aromatic carbocycles. The number of nitrogens with one attached hydrogen (secondary N) is 1. The van der Waals surface area contributed by atoms with Crippen LogP contribution in [0.3, 0.4) is 0 Å². The second kappa shape index (κ2) is 5.85. The lowest BCUT2D eigenvalue weighted by Gasteiger charge is -2.21. The number of anilines is 1. The van der Waals surface area contributed by atoms with Gasteiger partial charge in [0.2, 0.25) is 10.0 Å². The summed E-state index contributed by atoms with van der Waals surface area (Å²) in [4.78, 5) is 4.10. The minimum Gasteiger partial charge on any atom is -0.307 e. The summed E-state index contributed by atoms with van der Waals surface area (Å²) in [5.41, 5.74) is 2.35. The van der Waals surface area contributed by atoms with E-state index in [1.807, 2.05) is 0 Å². The van der Waals surface area contributed by atoms with Gasteiger partial charge in [-0.25, -0.2) is 19.2 Å². The number of sulfonamides is 1. The van der Waals surface area contributed by atoms with Crippen molar-refractivity contribution < 1.29 is 8.42 Å². The summed E-state index contributed by atoms with van der Waals surface area (Å²) in [5.74, 6) is 6.10. The van der Waals surface area contributed by atoms with Gasteiger partial charge in [0.1, 0.15) is 4.90 Å². The first-order chi connectivity index (χ1) is 9.05. The molecule has 3 N–H and O–H groups in total. The molecule has 1 fully saturated rings. The Morgan fingerprint density at radius 3 is 2.95 bits per heavy atom. The maximum absolute atomic E-state index is 12.6. The summed E-state index contributed by atoms with van der Waals surface area (Å²) in [7, 11) is -3.52. The molecule has 1 unspecified atom stereocenters. The third-order valence-corrected chi connectivity index (χ3v) is 5.43. The SMILES string of the molecule is CC1CCCN(S(=O)(=O)c2cccnc2NN)CC1. The van der Waals surface area contributed by atoms with E-state index < -0.39 is 10.0 Å². The highest BCUT2D eigenvalue weighted by atomic mass is 32.2. The van der Waals surface area contributed by atoms with Gasteiger partial charge in [0.05, 0.1) is 0 Å². The highest BCUT2D eigenvalue weighted by Gasteiger charge is 2.28. The number of hydrogen-bond acceptors (Lipinski definition) is 5. The van der Waals surface area contributed by atoms with Crippen LogP contribution in [-0.2, 0) is 10.0 Å². The third-order valence-electron chi connectivity index (χ3n) is 3.50. The third kappa shape index (κ3) is 3.05. The van der Waals surface area contributed by atoms with Crippen molar-refractivity contribution in [2.75, 3.05) is 18.5 Å². The molecule has 2 rings (SSSR count). The number of pyridine rings is 1. The van der Waals surface area contributed by atoms with Crippen molar-refractivity contribution in [1.82, 2.24) is 9.29 Å². The molecule has 106 valence electrons. The second-order valence-electron chi connectivity index (χ2n) is 4.93. The van der Waals surface area contributed by atoms with Crippen LogP contribution in [0.4, 0.5) is 5.82 Å². The van der Waals surface area contributed by atoms with E-state index in [1.165, 1.54) is 16.6 Å². The highest BCUT2D eigenvalue weighted by molar-refractivity contribution is 7.89. The predicted octanol–water partition coefficient (Wildman–Crippen LogP) is 1.18. The zero-order valence-corrected chi connectivity index (χ0v) is 11.9. The number of nitrogens with two attached hydrogens (primary N) is 1. The van der Waals surface area contributed by atoms with E-state index in [-0.39, 0.29) is 10.7 Å². The first kappa shape index (κ1) is 14.2. The van der Waals surface area contributed by atoms with Gasteiger partial charge in [-0.15, -0.1) is 0 Å². The quantitative estimate of drug-likeness (QED) is 0.642. The minimum atomic E-state index is -3.52. The number of hydrazine groups is 1. The summed E-state index contributed by atoms with van der Waals surface area (Å²) in [6.07, 6.45) is 4.37. The standard InChI is InChI=1S/C12H20N4O2S/c1-10-4-3-8-16(9-6-10)19(17,18)11-5-2-7-14-12(11)15-13/h2,5,7,10H,3-4,6,8-9,13H2,1H3,(H,14,15). The zero-order chi connectivity index (χ0) is 13.9. The fourth-order valence-electron chi connectivity index (χ4n) is 2.32. The van der Waals surface area contributed by atoms with E-state index in [9.17, 15) is 8.42 Å². The predicted molar refractivity (Wildman–Crippen MR) is 73.8 cm³/mol. The van der Waals surface area contributed by atoms with Gasteiger partial charge < -0.3 is 5.43 Å². The Labute approximate surface area is 114 Å². The first-order valence-corrected chi connectivity index (χ1v) is 7.91. The van der Waals surface area contributed by atoms with Gasteiger partial charge in [-0.3, -0.25) is 0 Å². The van der Waals surface area contributed by atoms with E-state index in [0.717, 1.165) is 19.3 Å². The van der Waals surface area contributed by atoms with Gasteiger partial charge >= 0.3 is 0 Å². The van der Waals surface area contributed by atoms with E-state index in [2.05, 4.69) is 17.3 Å². The van der Waals surface area contributed by atoms with Gasteiger partial charge in [0.25, 0.3) is 0 Å². The largest absolute Gasteiger partial charge is 0.307 e. The second-order valence-corrected chi connectivity index (χ2v) is 6.84. The molecule has 1 saturated heterocycles. The van der Waals surface area contributed by atoms with Crippen LogP contribution in [0.2, 0.25) is 0 Å². The molecule has 1 aliphatic heterocycles. The molecule has 2 heterocycles. The van der Waals surface area contributed by atoms with Crippen LogP contribution in [0.25, 0.3) is 0 Å². The molecule has 0 amide bonds. The Kier molecular flexibility index (Phi) is 4.38. The Morgan fingerprint density at radius 1 is 1.42 bits per heavy atom. The van der Waals surface area contributed by atoms with Gasteiger partial charge in [-0.05, 0) is 37.3 Å². The summed E-state index contributed by atoms with van der Waals surface area (Å²) in [6.45, 7) is 3.28. The van der Waals surface area contributed by atoms with Gasteiger partial charge in [-0.1, -0.05) is 6.92 Å². The van der Waals surface area contributed by atoms with Crippen LogP contribution in [-0.4, -0.2) is 30.8 Å². The monoisotopic (exact) mass is 284 g/mol. The molecule has 6 nitrogen and oxygen atoms in total. The summed E-state index contributed by atoms with van der Waals surface area (Å²) >= 11 is 0. The van der Waals surface area contributed by atoms with E-state index >= 15 is 0 Å². The molecule has 0 saturated carbocycles. The highest BCUT2D eigenvalue weighted by Crippen LogP contribution is 2.25. The Balaban J connectivity index is 2.31. The number of aromatic nitrogens is 1. The molecule has 1 atom stereocenters. The van der Waals surface area contributed by atoms with E-state index in [0.29, 0.717) is 19.0 Å². The van der Waals surface area contributed by atoms with Gasteiger partial charge in [-0.2, -0.15) is 4.31 Å². The van der Waals surface area contributed by atoms with Crippen molar-refractivity contribution in [2.24, 2.45) is 11.8 Å². The van der Waals surface area contributed by atoms with Crippen LogP contribution < -0.4 is 11.3 Å². The lowest BCUT2D eigenvalue weighted by molar-refractivity contribution is 0.417. The normalized spacial score (nSPS) is 21.9. The lowest BCUT2D eigenvalue weighted by Crippen LogP contribution is -2.33. The van der Waals surface area contributed by atoms with Crippen molar-refractivity contribution >= 4 is 15.8 Å². The van der Waals surface area contributed by atoms with Crippen molar-refractivity contribution in [1.29, 1.82) is 0 Å². The van der Waals surface area contributed by atoms with Crippen molar-refractivity contribution in [3.05, 3.63) is 18.3 Å². The molecule has 0 bridgehead atoms. The molecule has 1 aromatic rings. The van der Waals surface area contributed by atoms with Crippen LogP contribution >= 0.6 is 0 Å². The topological polar surface area (TPSA) is 88.3 Å². The van der Waals surface area contributed by atoms with Crippen LogP contribution in [0.5, 0.6) is 0 Å². The maximum atomic E-state index is 12.6. The first-order valence-electron chi connectivity index (χ1n) is 6.47. The molecule has 0 radical (unpaired) electrons. The number of nitrogen functional groups attached to an aromatic ring is 1. The van der Waals surface area contributed by atoms with E-state index in [4.69, 9.17) is 5.84 Å². The van der Waals surface area contributed by atoms with E-state index in [1.54, 1.807) is 6.07 Å². The smallest absolute Gasteiger partial charge is 0.246 e. The van der Waals surface area contributed by atoms with Crippen LogP contribution in [0, 0.1) is 5.92 Å². The van der Waals surface area contributed by atoms with Gasteiger partial charge in [0.15, 0.2) is 5.82 Å². The van der Waals surface area contributed by atoms with Crippen molar-refractivity contribution in [2.45, 2.75) is 31.1 Å². The number of hydrogen-bond donors (Lipinski definition) is 2. The van der Waals surface area contributed by atoms with Crippen molar-refractivity contribution in [3.8, 4) is 0 Å². The summed E-state index contributed by atoms with van der Waals surface area (Å²) in [5, 5.41) is 0. The average molecular weight is 284 g/mol. The van der Waals surface area contributed by atoms with Crippen LogP contribution in [0.15, 0.2) is 23.2 Å². The summed E-state index contributed by atoms with van der Waals surface area (Å²) < 4.78 is 26.8. The fourth-order valence-corrected chi connectivity index (χ4v) is 3.92. The molecule has 1 aliphatic rings. The number of nitrogens with zero attached hydrogens (tertiary/aromatic N) is 2. The molecule has 19 heavy (non-hydrogen) atoms. The molecule has 0 aliphatic carbocycles. The zero-order valence-electron chi connectivity index (χ0n) is 11.0. The molecule has 0 spiro atoms. The van der Waals surface area contributed by atoms with Crippen LogP contribution in [0.1, 0.15) is 26.2 Å². The Hall–Kier alpha value is -1.18. The van der Waals surface area contributed by atoms with Gasteiger partial charge in [0, 0.05) is 19.3 Å². The Bertz CT molecular complexity index is 532. The summed E-state index contributed by atoms with van der Waals surface area (Å²) in [6, 6.07) is 3.14. The number of rotatable bonds is 3. The molecule has 7 heteroatoms. The lowest BCUT2D eigenvalue weighted by atomic mass is 10.0. The molecular formula is C12H20N4O2S. The van der Waals surface area contributed by atoms with Crippen molar-refractivity contribution in [3.63, 3.8) is 0 Å². The fraction of sp³-hybridized carbons (Fsp3) is 0.583. The average Bonchev–Trinajstić information content (AvgIpc) is 2.64. The Morgan fingerprint density at radius 2 is 2.21 bits per heavy atom. The maximum Gasteiger partial charge on any atom is 0.246 e. The minimum absolute atomic E-state index is 0.145. The molecule has 1 aromatic heterocycles.